The Morgan fingerprint density at radius 3 is 2.41 bits per heavy atom. The Bertz CT molecular complexity index is 1080. The lowest BCUT2D eigenvalue weighted by atomic mass is 10.1. The first-order chi connectivity index (χ1) is 15.5. The van der Waals surface area contributed by atoms with E-state index >= 15 is 0 Å². The first kappa shape index (κ1) is 23.3. The molecule has 0 spiro atoms. The Hall–Kier alpha value is -3.33. The van der Waals surface area contributed by atoms with Gasteiger partial charge in [0.1, 0.15) is 35.0 Å². The van der Waals surface area contributed by atoms with E-state index in [0.717, 1.165) is 27.1 Å². The lowest BCUT2D eigenvalue weighted by molar-refractivity contribution is 0.0692. The predicted octanol–water partition coefficient (Wildman–Crippen LogP) is 4.67. The lowest BCUT2D eigenvalue weighted by Gasteiger charge is -2.14. The summed E-state index contributed by atoms with van der Waals surface area (Å²) in [7, 11) is 3.25. The van der Waals surface area contributed by atoms with Crippen molar-refractivity contribution >= 4 is 27.7 Å². The molecule has 1 heterocycles. The van der Waals surface area contributed by atoms with Crippen LogP contribution in [0.2, 0.25) is 0 Å². The molecular formula is C23H24BrN3O5. The molecule has 0 radical (unpaired) electrons. The van der Waals surface area contributed by atoms with Crippen LogP contribution in [0.25, 0.3) is 11.3 Å². The van der Waals surface area contributed by atoms with Crippen molar-refractivity contribution < 1.29 is 24.1 Å². The van der Waals surface area contributed by atoms with Crippen LogP contribution in [0.3, 0.4) is 0 Å². The summed E-state index contributed by atoms with van der Waals surface area (Å²) in [6, 6.07) is 10.5. The molecular weight excluding hydrogens is 478 g/mol. The smallest absolute Gasteiger partial charge is 0.339 e. The van der Waals surface area contributed by atoms with Crippen LogP contribution in [0, 0.1) is 0 Å². The molecule has 9 heteroatoms. The van der Waals surface area contributed by atoms with Gasteiger partial charge in [-0.2, -0.15) is 0 Å². The van der Waals surface area contributed by atoms with E-state index in [2.05, 4.69) is 31.2 Å². The van der Waals surface area contributed by atoms with Gasteiger partial charge in [-0.1, -0.05) is 22.0 Å². The number of anilines is 1. The second kappa shape index (κ2) is 10.8. The maximum absolute atomic E-state index is 11.4. The van der Waals surface area contributed by atoms with Crippen LogP contribution in [0.5, 0.6) is 17.2 Å². The third kappa shape index (κ3) is 5.47. The van der Waals surface area contributed by atoms with Gasteiger partial charge < -0.3 is 24.6 Å². The van der Waals surface area contributed by atoms with E-state index in [-0.39, 0.29) is 5.56 Å². The number of carbonyl (C=O) groups is 1. The summed E-state index contributed by atoms with van der Waals surface area (Å²) in [5, 5.41) is 12.6. The maximum Gasteiger partial charge on any atom is 0.339 e. The van der Waals surface area contributed by atoms with Gasteiger partial charge in [0, 0.05) is 28.2 Å². The molecule has 3 aromatic rings. The zero-order chi connectivity index (χ0) is 23.1. The molecule has 168 valence electrons. The molecule has 0 amide bonds. The van der Waals surface area contributed by atoms with E-state index in [1.54, 1.807) is 33.3 Å². The van der Waals surface area contributed by atoms with Crippen LogP contribution in [0.4, 0.5) is 5.82 Å². The van der Waals surface area contributed by atoms with E-state index < -0.39 is 5.97 Å². The van der Waals surface area contributed by atoms with E-state index in [1.165, 1.54) is 12.4 Å². The number of hydrogen-bond donors (Lipinski definition) is 2. The molecule has 8 nitrogen and oxygen atoms in total. The topological polar surface area (TPSA) is 103 Å². The highest BCUT2D eigenvalue weighted by Crippen LogP contribution is 2.33. The van der Waals surface area contributed by atoms with E-state index in [9.17, 15) is 9.90 Å². The molecule has 1 aromatic heterocycles. The number of methoxy groups -OCH3 is 2. The van der Waals surface area contributed by atoms with Crippen LogP contribution in [-0.4, -0.2) is 48.4 Å². The summed E-state index contributed by atoms with van der Waals surface area (Å²) < 4.78 is 17.3. The quantitative estimate of drug-likeness (QED) is 0.412. The Balaban J connectivity index is 1.77. The minimum absolute atomic E-state index is 0.111. The summed E-state index contributed by atoms with van der Waals surface area (Å²) in [6.45, 7) is 2.76. The Morgan fingerprint density at radius 1 is 1.06 bits per heavy atom. The summed E-state index contributed by atoms with van der Waals surface area (Å²) >= 11 is 3.46. The monoisotopic (exact) mass is 501 g/mol. The van der Waals surface area contributed by atoms with Crippen molar-refractivity contribution in [3.8, 4) is 28.5 Å². The Morgan fingerprint density at radius 2 is 1.78 bits per heavy atom. The first-order valence-electron chi connectivity index (χ1n) is 9.93. The van der Waals surface area contributed by atoms with Crippen molar-refractivity contribution in [1.82, 2.24) is 9.97 Å². The van der Waals surface area contributed by atoms with Crippen LogP contribution < -0.4 is 19.5 Å². The largest absolute Gasteiger partial charge is 0.496 e. The average Bonchev–Trinajstić information content (AvgIpc) is 2.79. The first-order valence-corrected chi connectivity index (χ1v) is 10.7. The molecule has 2 N–H and O–H groups in total. The molecule has 0 fully saturated rings. The molecule has 0 aliphatic heterocycles. The molecule has 2 aromatic carbocycles. The number of nitrogens with one attached hydrogen (secondary N) is 1. The standard InChI is InChI=1S/C23H24BrN3O5/c1-4-32-21-9-14(5-6-17(21)23(28)29)18-12-22(27-13-26-18)25-8-7-16-19(30-2)10-15(24)11-20(16)31-3/h5-6,9-13H,4,7-8H2,1-3H3,(H,28,29)(H,25,26,27). The lowest BCUT2D eigenvalue weighted by Crippen LogP contribution is -2.09. The second-order valence-electron chi connectivity index (χ2n) is 6.70. The number of benzene rings is 2. The van der Waals surface area contributed by atoms with Crippen molar-refractivity contribution in [2.75, 3.05) is 32.7 Å². The number of carboxylic acid groups (broad SMARTS) is 1. The van der Waals surface area contributed by atoms with E-state index in [0.29, 0.717) is 36.8 Å². The molecule has 0 bridgehead atoms. The van der Waals surface area contributed by atoms with Crippen molar-refractivity contribution in [1.29, 1.82) is 0 Å². The second-order valence-corrected chi connectivity index (χ2v) is 7.62. The van der Waals surface area contributed by atoms with Crippen LogP contribution in [0.15, 0.2) is 47.2 Å². The number of aromatic nitrogens is 2. The van der Waals surface area contributed by atoms with Crippen molar-refractivity contribution in [3.05, 3.63) is 58.3 Å². The maximum atomic E-state index is 11.4. The number of ether oxygens (including phenoxy) is 3. The minimum atomic E-state index is -1.04. The minimum Gasteiger partial charge on any atom is -0.496 e. The zero-order valence-corrected chi connectivity index (χ0v) is 19.6. The van der Waals surface area contributed by atoms with Crippen LogP contribution in [-0.2, 0) is 6.42 Å². The molecule has 32 heavy (non-hydrogen) atoms. The number of nitrogens with zero attached hydrogens (tertiary/aromatic N) is 2. The van der Waals surface area contributed by atoms with E-state index in [1.807, 2.05) is 18.2 Å². The molecule has 0 saturated heterocycles. The summed E-state index contributed by atoms with van der Waals surface area (Å²) in [5.41, 5.74) is 2.45. The van der Waals surface area contributed by atoms with Crippen LogP contribution >= 0.6 is 15.9 Å². The van der Waals surface area contributed by atoms with Gasteiger partial charge in [-0.25, -0.2) is 14.8 Å². The van der Waals surface area contributed by atoms with Gasteiger partial charge in [-0.05, 0) is 37.6 Å². The molecule has 0 unspecified atom stereocenters. The zero-order valence-electron chi connectivity index (χ0n) is 18.0. The Kier molecular flexibility index (Phi) is 7.88. The highest BCUT2D eigenvalue weighted by atomic mass is 79.9. The van der Waals surface area contributed by atoms with Gasteiger partial charge >= 0.3 is 5.97 Å². The molecule has 0 aliphatic carbocycles. The predicted molar refractivity (Wildman–Crippen MR) is 125 cm³/mol. The van der Waals surface area contributed by atoms with E-state index in [4.69, 9.17) is 14.2 Å². The third-order valence-corrected chi connectivity index (χ3v) is 5.19. The van der Waals surface area contributed by atoms with Gasteiger partial charge in [-0.3, -0.25) is 0 Å². The molecule has 0 saturated carbocycles. The highest BCUT2D eigenvalue weighted by Gasteiger charge is 2.14. The molecule has 3 rings (SSSR count). The van der Waals surface area contributed by atoms with Gasteiger partial charge in [0.25, 0.3) is 0 Å². The summed E-state index contributed by atoms with van der Waals surface area (Å²) in [5.74, 6) is 1.39. The van der Waals surface area contributed by atoms with Gasteiger partial charge in [0.2, 0.25) is 0 Å². The average molecular weight is 502 g/mol. The van der Waals surface area contributed by atoms with Crippen molar-refractivity contribution in [3.63, 3.8) is 0 Å². The summed E-state index contributed by atoms with van der Waals surface area (Å²) in [6.07, 6.45) is 2.12. The van der Waals surface area contributed by atoms with Crippen LogP contribution in [0.1, 0.15) is 22.8 Å². The van der Waals surface area contributed by atoms with Gasteiger partial charge in [0.15, 0.2) is 0 Å². The number of rotatable bonds is 10. The van der Waals surface area contributed by atoms with Crippen molar-refractivity contribution in [2.45, 2.75) is 13.3 Å². The van der Waals surface area contributed by atoms with Crippen molar-refractivity contribution in [2.24, 2.45) is 0 Å². The number of carboxylic acids is 1. The highest BCUT2D eigenvalue weighted by molar-refractivity contribution is 9.10. The fourth-order valence-corrected chi connectivity index (χ4v) is 3.67. The molecule has 0 atom stereocenters. The van der Waals surface area contributed by atoms with Gasteiger partial charge in [0.05, 0.1) is 26.5 Å². The molecule has 0 aliphatic rings. The third-order valence-electron chi connectivity index (χ3n) is 4.73. The number of hydrogen-bond acceptors (Lipinski definition) is 7. The normalized spacial score (nSPS) is 10.5. The SMILES string of the molecule is CCOc1cc(-c2cc(NCCc3c(OC)cc(Br)cc3OC)ncn2)ccc1C(=O)O. The van der Waals surface area contributed by atoms with Gasteiger partial charge in [-0.15, -0.1) is 0 Å². The number of halogens is 1. The Labute approximate surface area is 194 Å². The number of aromatic carboxylic acids is 1. The fourth-order valence-electron chi connectivity index (χ4n) is 3.26. The fraction of sp³-hybridized carbons (Fsp3) is 0.261. The summed E-state index contributed by atoms with van der Waals surface area (Å²) in [4.78, 5) is 20.0.